The van der Waals surface area contributed by atoms with Crippen LogP contribution in [0, 0.1) is 6.92 Å². The van der Waals surface area contributed by atoms with Crippen molar-refractivity contribution >= 4 is 33.1 Å². The lowest BCUT2D eigenvalue weighted by atomic mass is 10.3. The molecule has 0 radical (unpaired) electrons. The normalized spacial score (nSPS) is 11.9. The molecule has 1 aromatic rings. The molecule has 0 atom stereocenters. The Hall–Kier alpha value is -0.0800. The van der Waals surface area contributed by atoms with Crippen LogP contribution in [-0.4, -0.2) is 27.0 Å². The Morgan fingerprint density at radius 1 is 1.53 bits per heavy atom. The number of sulfonamides is 1. The Kier molecular flexibility index (Phi) is 5.94. The number of nitrogens with one attached hydrogen (secondary N) is 1. The van der Waals surface area contributed by atoms with E-state index in [1.165, 1.54) is 11.3 Å². The van der Waals surface area contributed by atoms with Crippen LogP contribution in [0.2, 0.25) is 0 Å². The predicted octanol–water partition coefficient (Wildman–Crippen LogP) is 1.55. The van der Waals surface area contributed by atoms with E-state index in [-0.39, 0.29) is 6.54 Å². The molecule has 1 rings (SSSR count). The highest BCUT2D eigenvalue weighted by Crippen LogP contribution is 2.26. The summed E-state index contributed by atoms with van der Waals surface area (Å²) >= 11 is 3.11. The molecule has 3 N–H and O–H groups in total. The van der Waals surface area contributed by atoms with Crippen LogP contribution in [0.25, 0.3) is 0 Å². The number of hydrogen-bond acceptors (Lipinski definition) is 5. The van der Waals surface area contributed by atoms with Gasteiger partial charge in [0.1, 0.15) is 4.90 Å². The second-order valence-corrected chi connectivity index (χ2v) is 7.27. The fourth-order valence-corrected chi connectivity index (χ4v) is 4.69. The van der Waals surface area contributed by atoms with Gasteiger partial charge in [0.05, 0.1) is 0 Å². The summed E-state index contributed by atoms with van der Waals surface area (Å²) in [5.74, 6) is 0.953. The quantitative estimate of drug-likeness (QED) is 0.748. The third kappa shape index (κ3) is 3.96. The first-order chi connectivity index (χ1) is 8.03. The molecule has 0 amide bonds. The van der Waals surface area contributed by atoms with E-state index in [1.54, 1.807) is 18.7 Å². The maximum atomic E-state index is 12.1. The number of aryl methyl sites for hydroxylation is 1. The highest BCUT2D eigenvalue weighted by atomic mass is 32.2. The van der Waals surface area contributed by atoms with E-state index in [1.807, 2.05) is 11.6 Å². The molecule has 17 heavy (non-hydrogen) atoms. The van der Waals surface area contributed by atoms with Crippen molar-refractivity contribution in [1.82, 2.24) is 4.72 Å². The molecule has 0 saturated heterocycles. The van der Waals surface area contributed by atoms with Crippen molar-refractivity contribution in [3.05, 3.63) is 15.8 Å². The summed E-state index contributed by atoms with van der Waals surface area (Å²) in [7, 11) is -3.40. The van der Waals surface area contributed by atoms with E-state index >= 15 is 0 Å². The largest absolute Gasteiger partial charge is 0.326 e. The minimum absolute atomic E-state index is 0.263. The summed E-state index contributed by atoms with van der Waals surface area (Å²) in [4.78, 5) is 1.09. The Bertz CT molecular complexity index is 454. The van der Waals surface area contributed by atoms with Gasteiger partial charge in [-0.25, -0.2) is 13.1 Å². The lowest BCUT2D eigenvalue weighted by Gasteiger charge is -2.08. The van der Waals surface area contributed by atoms with Crippen LogP contribution in [-0.2, 0) is 16.6 Å². The highest BCUT2D eigenvalue weighted by molar-refractivity contribution is 7.98. The average Bonchev–Trinajstić information content (AvgIpc) is 2.66. The molecule has 0 bridgehead atoms. The second-order valence-electron chi connectivity index (χ2n) is 3.62. The summed E-state index contributed by atoms with van der Waals surface area (Å²) in [6.07, 6.45) is 2.84. The van der Waals surface area contributed by atoms with Crippen molar-refractivity contribution in [1.29, 1.82) is 0 Å². The number of thioether (sulfide) groups is 1. The van der Waals surface area contributed by atoms with Gasteiger partial charge in [0.2, 0.25) is 10.0 Å². The Balaban J connectivity index is 2.78. The summed E-state index contributed by atoms with van der Waals surface area (Å²) in [6.45, 7) is 2.54. The molecular weight excluding hydrogens is 276 g/mol. The maximum Gasteiger partial charge on any atom is 0.241 e. The fraction of sp³-hybridized carbons (Fsp3) is 0.600. The summed E-state index contributed by atoms with van der Waals surface area (Å²) in [5.41, 5.74) is 6.32. The summed E-state index contributed by atoms with van der Waals surface area (Å²) < 4.78 is 26.8. The van der Waals surface area contributed by atoms with Crippen LogP contribution in [0.3, 0.4) is 0 Å². The minimum Gasteiger partial charge on any atom is -0.326 e. The predicted molar refractivity (Wildman–Crippen MR) is 75.1 cm³/mol. The van der Waals surface area contributed by atoms with E-state index in [2.05, 4.69) is 4.72 Å². The molecule has 0 aliphatic carbocycles. The number of thiophene rings is 1. The van der Waals surface area contributed by atoms with Crippen LogP contribution >= 0.6 is 23.1 Å². The molecule has 1 heterocycles. The molecule has 7 heteroatoms. The van der Waals surface area contributed by atoms with Gasteiger partial charge in [0, 0.05) is 18.0 Å². The molecule has 4 nitrogen and oxygen atoms in total. The molecule has 0 fully saturated rings. The smallest absolute Gasteiger partial charge is 0.241 e. The van der Waals surface area contributed by atoms with Gasteiger partial charge in [-0.15, -0.1) is 11.3 Å². The summed E-state index contributed by atoms with van der Waals surface area (Å²) in [6, 6.07) is 0. The molecular formula is C10H18N2O2S3. The fourth-order valence-electron chi connectivity index (χ4n) is 1.48. The first-order valence-corrected chi connectivity index (χ1v) is 9.04. The van der Waals surface area contributed by atoms with Gasteiger partial charge in [-0.1, -0.05) is 0 Å². The van der Waals surface area contributed by atoms with Crippen molar-refractivity contribution in [2.75, 3.05) is 18.6 Å². The van der Waals surface area contributed by atoms with Gasteiger partial charge in [-0.2, -0.15) is 11.8 Å². The number of hydrogen-bond donors (Lipinski definition) is 2. The van der Waals surface area contributed by atoms with Gasteiger partial charge in [-0.05, 0) is 36.3 Å². The Morgan fingerprint density at radius 3 is 2.82 bits per heavy atom. The topological polar surface area (TPSA) is 72.2 Å². The van der Waals surface area contributed by atoms with Crippen molar-refractivity contribution in [3.8, 4) is 0 Å². The van der Waals surface area contributed by atoms with Gasteiger partial charge in [0.25, 0.3) is 0 Å². The number of nitrogens with two attached hydrogens (primary N) is 1. The van der Waals surface area contributed by atoms with Crippen molar-refractivity contribution in [2.45, 2.75) is 24.8 Å². The SMILES string of the molecule is CSCCCNS(=O)(=O)c1c(C)csc1CN. The average molecular weight is 294 g/mol. The Morgan fingerprint density at radius 2 is 2.24 bits per heavy atom. The van der Waals surface area contributed by atoms with Gasteiger partial charge in [0.15, 0.2) is 0 Å². The zero-order valence-corrected chi connectivity index (χ0v) is 12.5. The van der Waals surface area contributed by atoms with E-state index in [9.17, 15) is 8.42 Å². The van der Waals surface area contributed by atoms with E-state index < -0.39 is 10.0 Å². The van der Waals surface area contributed by atoms with E-state index in [0.717, 1.165) is 22.6 Å². The van der Waals surface area contributed by atoms with E-state index in [4.69, 9.17) is 5.73 Å². The first kappa shape index (κ1) is 15.0. The zero-order valence-electron chi connectivity index (χ0n) is 10.0. The molecule has 0 aliphatic heterocycles. The number of rotatable bonds is 7. The van der Waals surface area contributed by atoms with Crippen LogP contribution in [0.1, 0.15) is 16.9 Å². The molecule has 0 spiro atoms. The molecule has 0 unspecified atom stereocenters. The third-order valence-corrected chi connectivity index (χ3v) is 5.90. The monoisotopic (exact) mass is 294 g/mol. The third-order valence-electron chi connectivity index (χ3n) is 2.26. The molecule has 0 saturated carbocycles. The lowest BCUT2D eigenvalue weighted by molar-refractivity contribution is 0.580. The Labute approximate surface area is 111 Å². The van der Waals surface area contributed by atoms with Crippen LogP contribution in [0.15, 0.2) is 10.3 Å². The zero-order chi connectivity index (χ0) is 12.9. The minimum atomic E-state index is -3.40. The van der Waals surface area contributed by atoms with Gasteiger partial charge >= 0.3 is 0 Å². The highest BCUT2D eigenvalue weighted by Gasteiger charge is 2.21. The van der Waals surface area contributed by atoms with E-state index in [0.29, 0.717) is 11.4 Å². The van der Waals surface area contributed by atoms with Crippen LogP contribution < -0.4 is 10.5 Å². The molecule has 0 aromatic carbocycles. The maximum absolute atomic E-state index is 12.1. The molecule has 0 aliphatic rings. The van der Waals surface area contributed by atoms with Crippen molar-refractivity contribution < 1.29 is 8.42 Å². The van der Waals surface area contributed by atoms with Crippen LogP contribution in [0.5, 0.6) is 0 Å². The lowest BCUT2D eigenvalue weighted by Crippen LogP contribution is -2.26. The molecule has 1 aromatic heterocycles. The van der Waals surface area contributed by atoms with Gasteiger partial charge in [-0.3, -0.25) is 0 Å². The second kappa shape index (κ2) is 6.75. The summed E-state index contributed by atoms with van der Waals surface area (Å²) in [5, 5.41) is 1.83. The standard InChI is InChI=1S/C10H18N2O2S3/c1-8-7-16-9(6-11)10(8)17(13,14)12-4-3-5-15-2/h7,12H,3-6,11H2,1-2H3. The first-order valence-electron chi connectivity index (χ1n) is 5.28. The van der Waals surface area contributed by atoms with Crippen LogP contribution in [0.4, 0.5) is 0 Å². The van der Waals surface area contributed by atoms with Gasteiger partial charge < -0.3 is 5.73 Å². The molecule has 98 valence electrons. The van der Waals surface area contributed by atoms with Crippen molar-refractivity contribution in [2.24, 2.45) is 5.73 Å². The van der Waals surface area contributed by atoms with Crippen molar-refractivity contribution in [3.63, 3.8) is 0 Å².